The standard InChI is InChI=1S/C13H14F4O4S/c14-12(15,13(16,17)22(19)20)7-4-8-21-11(18)9-10-5-2-1-3-6-10/h1-3,5-6H,4,7-9H2,(H,19,20). The van der Waals surface area contributed by atoms with Crippen molar-refractivity contribution in [2.75, 3.05) is 6.61 Å². The zero-order valence-corrected chi connectivity index (χ0v) is 12.1. The first-order valence-corrected chi connectivity index (χ1v) is 7.33. The van der Waals surface area contributed by atoms with Gasteiger partial charge in [0.1, 0.15) is 0 Å². The molecule has 1 unspecified atom stereocenters. The van der Waals surface area contributed by atoms with E-state index in [2.05, 4.69) is 4.74 Å². The molecule has 0 radical (unpaired) electrons. The van der Waals surface area contributed by atoms with E-state index in [0.29, 0.717) is 5.56 Å². The molecule has 22 heavy (non-hydrogen) atoms. The first-order chi connectivity index (χ1) is 10.2. The van der Waals surface area contributed by atoms with Crippen LogP contribution in [0.15, 0.2) is 30.3 Å². The molecule has 0 saturated carbocycles. The lowest BCUT2D eigenvalue weighted by Gasteiger charge is -2.23. The van der Waals surface area contributed by atoms with Crippen molar-refractivity contribution < 1.29 is 35.9 Å². The molecule has 0 aromatic heterocycles. The Balaban J connectivity index is 2.36. The lowest BCUT2D eigenvalue weighted by molar-refractivity contribution is -0.164. The van der Waals surface area contributed by atoms with E-state index in [4.69, 9.17) is 4.55 Å². The van der Waals surface area contributed by atoms with Gasteiger partial charge in [-0.1, -0.05) is 30.3 Å². The van der Waals surface area contributed by atoms with E-state index in [1.165, 1.54) is 0 Å². The summed E-state index contributed by atoms with van der Waals surface area (Å²) >= 11 is -3.98. The molecule has 0 spiro atoms. The van der Waals surface area contributed by atoms with Crippen molar-refractivity contribution in [3.8, 4) is 0 Å². The molecule has 124 valence electrons. The molecule has 1 aromatic carbocycles. The van der Waals surface area contributed by atoms with Gasteiger partial charge in [0.15, 0.2) is 0 Å². The molecule has 1 atom stereocenters. The largest absolute Gasteiger partial charge is 0.465 e. The van der Waals surface area contributed by atoms with Crippen LogP contribution < -0.4 is 0 Å². The number of rotatable bonds is 8. The van der Waals surface area contributed by atoms with E-state index in [1.54, 1.807) is 30.3 Å². The Hall–Kier alpha value is -1.48. The summed E-state index contributed by atoms with van der Waals surface area (Å²) < 4.78 is 74.8. The first-order valence-electron chi connectivity index (χ1n) is 6.23. The predicted molar refractivity (Wildman–Crippen MR) is 71.0 cm³/mol. The number of carbonyl (C=O) groups is 1. The third-order valence-corrected chi connectivity index (χ3v) is 3.47. The van der Waals surface area contributed by atoms with Crippen LogP contribution in [0.3, 0.4) is 0 Å². The summed E-state index contributed by atoms with van der Waals surface area (Å²) in [6, 6.07) is 8.52. The molecular formula is C13H14F4O4S. The monoisotopic (exact) mass is 342 g/mol. The molecule has 0 aliphatic carbocycles. The highest BCUT2D eigenvalue weighted by Crippen LogP contribution is 2.39. The summed E-state index contributed by atoms with van der Waals surface area (Å²) in [6.45, 7) is -0.477. The maximum absolute atomic E-state index is 13.1. The van der Waals surface area contributed by atoms with E-state index < -0.39 is 47.7 Å². The molecule has 0 saturated heterocycles. The van der Waals surface area contributed by atoms with E-state index in [0.717, 1.165) is 0 Å². The molecule has 0 fully saturated rings. The summed E-state index contributed by atoms with van der Waals surface area (Å²) in [5.41, 5.74) is 0.667. The molecule has 1 rings (SSSR count). The zero-order valence-electron chi connectivity index (χ0n) is 11.3. The van der Waals surface area contributed by atoms with Crippen molar-refractivity contribution in [1.82, 2.24) is 0 Å². The van der Waals surface area contributed by atoms with Gasteiger partial charge in [0, 0.05) is 6.42 Å². The minimum atomic E-state index is -5.04. The first kappa shape index (κ1) is 18.6. The highest BCUT2D eigenvalue weighted by molar-refractivity contribution is 7.80. The minimum absolute atomic E-state index is 0.0615. The normalized spacial score (nSPS) is 13.7. The minimum Gasteiger partial charge on any atom is -0.465 e. The van der Waals surface area contributed by atoms with Crippen molar-refractivity contribution >= 4 is 17.0 Å². The SMILES string of the molecule is O=C(Cc1ccccc1)OCCCC(F)(F)C(F)(F)S(=O)O. The van der Waals surface area contributed by atoms with Gasteiger partial charge in [-0.2, -0.15) is 17.6 Å². The van der Waals surface area contributed by atoms with E-state index in [9.17, 15) is 26.6 Å². The molecule has 9 heteroatoms. The quantitative estimate of drug-likeness (QED) is 0.341. The Morgan fingerprint density at radius 3 is 2.32 bits per heavy atom. The Labute approximate surface area is 126 Å². The van der Waals surface area contributed by atoms with Crippen LogP contribution in [0.5, 0.6) is 0 Å². The number of ether oxygens (including phenoxy) is 1. The predicted octanol–water partition coefficient (Wildman–Crippen LogP) is 3.00. The lowest BCUT2D eigenvalue weighted by Crippen LogP contribution is -2.44. The van der Waals surface area contributed by atoms with Crippen LogP contribution in [-0.2, 0) is 27.0 Å². The van der Waals surface area contributed by atoms with Gasteiger partial charge in [0.2, 0.25) is 11.1 Å². The number of carbonyl (C=O) groups excluding carboxylic acids is 1. The molecule has 0 amide bonds. The maximum Gasteiger partial charge on any atom is 0.406 e. The second-order valence-corrected chi connectivity index (χ2v) is 5.47. The number of hydrogen-bond acceptors (Lipinski definition) is 3. The molecular weight excluding hydrogens is 328 g/mol. The topological polar surface area (TPSA) is 63.6 Å². The van der Waals surface area contributed by atoms with Crippen LogP contribution >= 0.6 is 0 Å². The lowest BCUT2D eigenvalue weighted by atomic mass is 10.1. The average Bonchev–Trinajstić information content (AvgIpc) is 2.44. The highest BCUT2D eigenvalue weighted by Gasteiger charge is 2.60. The second kappa shape index (κ2) is 7.68. The van der Waals surface area contributed by atoms with Crippen molar-refractivity contribution in [3.63, 3.8) is 0 Å². The van der Waals surface area contributed by atoms with Crippen LogP contribution in [-0.4, -0.2) is 32.5 Å². The number of halogens is 4. The fourth-order valence-electron chi connectivity index (χ4n) is 1.57. The summed E-state index contributed by atoms with van der Waals surface area (Å²) in [5.74, 6) is -5.33. The summed E-state index contributed by atoms with van der Waals surface area (Å²) in [4.78, 5) is 11.4. The third-order valence-electron chi connectivity index (χ3n) is 2.73. The molecule has 4 nitrogen and oxygen atoms in total. The van der Waals surface area contributed by atoms with Crippen LogP contribution in [0, 0.1) is 0 Å². The fourth-order valence-corrected chi connectivity index (χ4v) is 1.92. The van der Waals surface area contributed by atoms with Crippen LogP contribution in [0.2, 0.25) is 0 Å². The number of hydrogen-bond donors (Lipinski definition) is 1. The number of esters is 1. The van der Waals surface area contributed by atoms with Gasteiger partial charge in [-0.05, 0) is 12.0 Å². The smallest absolute Gasteiger partial charge is 0.406 e. The Kier molecular flexibility index (Phi) is 6.48. The molecule has 0 bridgehead atoms. The fraction of sp³-hybridized carbons (Fsp3) is 0.462. The molecule has 0 aliphatic rings. The van der Waals surface area contributed by atoms with Crippen molar-refractivity contribution in [2.24, 2.45) is 0 Å². The third kappa shape index (κ3) is 5.06. The van der Waals surface area contributed by atoms with Crippen molar-refractivity contribution in [1.29, 1.82) is 0 Å². The Bertz CT molecular complexity index is 522. The van der Waals surface area contributed by atoms with Crippen LogP contribution in [0.4, 0.5) is 17.6 Å². The van der Waals surface area contributed by atoms with Gasteiger partial charge in [-0.3, -0.25) is 4.79 Å². The molecule has 1 N–H and O–H groups in total. The van der Waals surface area contributed by atoms with Gasteiger partial charge in [-0.25, -0.2) is 4.21 Å². The van der Waals surface area contributed by atoms with E-state index >= 15 is 0 Å². The maximum atomic E-state index is 13.1. The van der Waals surface area contributed by atoms with Crippen LogP contribution in [0.1, 0.15) is 18.4 Å². The number of alkyl halides is 4. The Morgan fingerprint density at radius 2 is 1.77 bits per heavy atom. The highest BCUT2D eigenvalue weighted by atomic mass is 32.2. The van der Waals surface area contributed by atoms with Gasteiger partial charge in [0.25, 0.3) is 0 Å². The van der Waals surface area contributed by atoms with E-state index in [1.807, 2.05) is 0 Å². The van der Waals surface area contributed by atoms with Gasteiger partial charge < -0.3 is 9.29 Å². The average molecular weight is 342 g/mol. The summed E-state index contributed by atoms with van der Waals surface area (Å²) in [6.07, 6.45) is -1.99. The van der Waals surface area contributed by atoms with Gasteiger partial charge in [0.05, 0.1) is 13.0 Å². The summed E-state index contributed by atoms with van der Waals surface area (Å²) in [5, 5.41) is -5.04. The van der Waals surface area contributed by atoms with Gasteiger partial charge in [-0.15, -0.1) is 0 Å². The van der Waals surface area contributed by atoms with Gasteiger partial charge >= 0.3 is 17.1 Å². The van der Waals surface area contributed by atoms with Crippen LogP contribution in [0.25, 0.3) is 0 Å². The Morgan fingerprint density at radius 1 is 1.18 bits per heavy atom. The van der Waals surface area contributed by atoms with Crippen molar-refractivity contribution in [2.45, 2.75) is 30.4 Å². The van der Waals surface area contributed by atoms with Crippen molar-refractivity contribution in [3.05, 3.63) is 35.9 Å². The molecule has 0 heterocycles. The second-order valence-electron chi connectivity index (χ2n) is 4.46. The molecule has 0 aliphatic heterocycles. The zero-order chi connectivity index (χ0) is 16.8. The number of benzene rings is 1. The summed E-state index contributed by atoms with van der Waals surface area (Å²) in [7, 11) is 0. The van der Waals surface area contributed by atoms with E-state index in [-0.39, 0.29) is 6.42 Å². The molecule has 1 aromatic rings.